The van der Waals surface area contributed by atoms with Gasteiger partial charge in [-0.15, -0.1) is 0 Å². The van der Waals surface area contributed by atoms with Gasteiger partial charge in [-0.3, -0.25) is 9.20 Å². The van der Waals surface area contributed by atoms with E-state index < -0.39 is 12.1 Å². The number of carboxylic acid groups (broad SMARTS) is 1. The molecule has 0 fully saturated rings. The number of hydrogen-bond donors (Lipinski definition) is 1. The molecule has 0 aliphatic heterocycles. The van der Waals surface area contributed by atoms with E-state index in [4.69, 9.17) is 9.84 Å². The lowest BCUT2D eigenvalue weighted by atomic mass is 10.3. The van der Waals surface area contributed by atoms with Gasteiger partial charge in [-0.05, 0) is 35.0 Å². The Labute approximate surface area is 116 Å². The summed E-state index contributed by atoms with van der Waals surface area (Å²) in [6, 6.07) is 4.79. The summed E-state index contributed by atoms with van der Waals surface area (Å²) in [4.78, 5) is 26.7. The van der Waals surface area contributed by atoms with Gasteiger partial charge in [0.2, 0.25) is 0 Å². The molecule has 0 radical (unpaired) electrons. The molecular formula is C12H11BrN2O4. The number of pyridine rings is 1. The van der Waals surface area contributed by atoms with E-state index in [1.54, 1.807) is 18.3 Å². The summed E-state index contributed by atoms with van der Waals surface area (Å²) in [6.07, 6.45) is 0.681. The molecule has 1 N–H and O–H groups in total. The van der Waals surface area contributed by atoms with Crippen LogP contribution in [0.15, 0.2) is 33.7 Å². The minimum Gasteiger partial charge on any atom is -0.479 e. The lowest BCUT2D eigenvalue weighted by Gasteiger charge is -2.08. The van der Waals surface area contributed by atoms with Gasteiger partial charge in [0.15, 0.2) is 6.10 Å². The van der Waals surface area contributed by atoms with Crippen LogP contribution in [-0.4, -0.2) is 26.6 Å². The van der Waals surface area contributed by atoms with Crippen molar-refractivity contribution >= 4 is 27.5 Å². The molecule has 2 rings (SSSR count). The maximum Gasteiger partial charge on any atom is 0.332 e. The van der Waals surface area contributed by atoms with Crippen molar-refractivity contribution in [1.29, 1.82) is 0 Å². The number of nitrogens with zero attached hydrogens (tertiary/aromatic N) is 2. The number of carbonyl (C=O) groups is 1. The number of aliphatic carboxylic acids is 1. The molecule has 1 atom stereocenters. The van der Waals surface area contributed by atoms with Gasteiger partial charge in [0.25, 0.3) is 5.56 Å². The zero-order chi connectivity index (χ0) is 14.0. The van der Waals surface area contributed by atoms with Crippen molar-refractivity contribution in [2.75, 3.05) is 0 Å². The van der Waals surface area contributed by atoms with E-state index in [9.17, 15) is 9.59 Å². The van der Waals surface area contributed by atoms with E-state index in [0.29, 0.717) is 11.3 Å². The Kier molecular flexibility index (Phi) is 3.96. The molecule has 0 aromatic carbocycles. The van der Waals surface area contributed by atoms with Crippen molar-refractivity contribution in [3.05, 3.63) is 44.9 Å². The SMILES string of the molecule is CC(OCc1cc(=O)n2cc(Br)ccc2n1)C(=O)O. The van der Waals surface area contributed by atoms with Crippen LogP contribution in [-0.2, 0) is 16.1 Å². The molecule has 0 amide bonds. The maximum atomic E-state index is 11.9. The van der Waals surface area contributed by atoms with Crippen LogP contribution in [0.4, 0.5) is 0 Å². The first kappa shape index (κ1) is 13.7. The number of aromatic nitrogens is 2. The van der Waals surface area contributed by atoms with Crippen molar-refractivity contribution in [3.63, 3.8) is 0 Å². The molecule has 100 valence electrons. The Morgan fingerprint density at radius 1 is 1.58 bits per heavy atom. The quantitative estimate of drug-likeness (QED) is 0.919. The van der Waals surface area contributed by atoms with E-state index in [0.717, 1.165) is 4.47 Å². The number of rotatable bonds is 4. The maximum absolute atomic E-state index is 11.9. The van der Waals surface area contributed by atoms with Gasteiger partial charge in [0, 0.05) is 16.7 Å². The third kappa shape index (κ3) is 3.18. The second-order valence-corrected chi connectivity index (χ2v) is 4.87. The summed E-state index contributed by atoms with van der Waals surface area (Å²) in [5.41, 5.74) is 0.644. The Bertz CT molecular complexity index is 683. The number of hydrogen-bond acceptors (Lipinski definition) is 4. The van der Waals surface area contributed by atoms with Crippen LogP contribution in [0.5, 0.6) is 0 Å². The molecule has 2 heterocycles. The van der Waals surface area contributed by atoms with Gasteiger partial charge in [-0.1, -0.05) is 0 Å². The van der Waals surface area contributed by atoms with Gasteiger partial charge in [-0.25, -0.2) is 9.78 Å². The van der Waals surface area contributed by atoms with Crippen LogP contribution >= 0.6 is 15.9 Å². The fraction of sp³-hybridized carbons (Fsp3) is 0.250. The van der Waals surface area contributed by atoms with E-state index in [-0.39, 0.29) is 12.2 Å². The fourth-order valence-electron chi connectivity index (χ4n) is 1.48. The first-order valence-corrected chi connectivity index (χ1v) is 6.29. The standard InChI is InChI=1S/C12H11BrN2O4/c1-7(12(17)18)19-6-9-4-11(16)15-5-8(13)2-3-10(15)14-9/h2-5,7H,6H2,1H3,(H,17,18). The van der Waals surface area contributed by atoms with Crippen molar-refractivity contribution < 1.29 is 14.6 Å². The highest BCUT2D eigenvalue weighted by atomic mass is 79.9. The third-order valence-electron chi connectivity index (χ3n) is 2.51. The van der Waals surface area contributed by atoms with Crippen LogP contribution in [0.1, 0.15) is 12.6 Å². The summed E-state index contributed by atoms with van der Waals surface area (Å²) >= 11 is 3.27. The van der Waals surface area contributed by atoms with E-state index in [1.165, 1.54) is 17.4 Å². The predicted molar refractivity (Wildman–Crippen MR) is 71.0 cm³/mol. The molecular weight excluding hydrogens is 316 g/mol. The molecule has 1 unspecified atom stereocenters. The highest BCUT2D eigenvalue weighted by Gasteiger charge is 2.12. The zero-order valence-electron chi connectivity index (χ0n) is 10.0. The normalized spacial score (nSPS) is 12.5. The molecule has 6 nitrogen and oxygen atoms in total. The molecule has 19 heavy (non-hydrogen) atoms. The Morgan fingerprint density at radius 3 is 3.00 bits per heavy atom. The fourth-order valence-corrected chi connectivity index (χ4v) is 1.82. The Morgan fingerprint density at radius 2 is 2.32 bits per heavy atom. The van der Waals surface area contributed by atoms with E-state index in [2.05, 4.69) is 20.9 Å². The van der Waals surface area contributed by atoms with E-state index >= 15 is 0 Å². The number of carboxylic acids is 1. The summed E-state index contributed by atoms with van der Waals surface area (Å²) in [5.74, 6) is -1.05. The van der Waals surface area contributed by atoms with Gasteiger partial charge in [0.1, 0.15) is 5.65 Å². The molecule has 0 bridgehead atoms. The molecule has 2 aromatic heterocycles. The predicted octanol–water partition coefficient (Wildman–Crippen LogP) is 1.45. The van der Waals surface area contributed by atoms with Crippen LogP contribution in [0.25, 0.3) is 5.65 Å². The van der Waals surface area contributed by atoms with Gasteiger partial charge in [0.05, 0.1) is 12.3 Å². The lowest BCUT2D eigenvalue weighted by Crippen LogP contribution is -2.21. The summed E-state index contributed by atoms with van der Waals surface area (Å²) < 4.78 is 7.27. The van der Waals surface area contributed by atoms with Gasteiger partial charge in [-0.2, -0.15) is 0 Å². The second-order valence-electron chi connectivity index (χ2n) is 3.95. The third-order valence-corrected chi connectivity index (χ3v) is 2.97. The van der Waals surface area contributed by atoms with E-state index in [1.807, 2.05) is 0 Å². The molecule has 0 aliphatic carbocycles. The minimum absolute atomic E-state index is 0.0186. The molecule has 0 saturated carbocycles. The van der Waals surface area contributed by atoms with Crippen LogP contribution in [0.2, 0.25) is 0 Å². The zero-order valence-corrected chi connectivity index (χ0v) is 11.6. The minimum atomic E-state index is -1.05. The van der Waals surface area contributed by atoms with Crippen LogP contribution < -0.4 is 5.56 Å². The first-order chi connectivity index (χ1) is 8.97. The van der Waals surface area contributed by atoms with Crippen molar-refractivity contribution in [1.82, 2.24) is 9.38 Å². The van der Waals surface area contributed by atoms with Crippen LogP contribution in [0.3, 0.4) is 0 Å². The number of ether oxygens (including phenoxy) is 1. The monoisotopic (exact) mass is 326 g/mol. The van der Waals surface area contributed by atoms with Crippen molar-refractivity contribution in [2.24, 2.45) is 0 Å². The molecule has 2 aromatic rings. The number of fused-ring (bicyclic) bond motifs is 1. The average Bonchev–Trinajstić information content (AvgIpc) is 2.36. The lowest BCUT2D eigenvalue weighted by molar-refractivity contribution is -0.149. The van der Waals surface area contributed by atoms with Crippen LogP contribution in [0, 0.1) is 0 Å². The molecule has 7 heteroatoms. The summed E-state index contributed by atoms with van der Waals surface area (Å²) in [5, 5.41) is 8.70. The molecule has 0 spiro atoms. The smallest absolute Gasteiger partial charge is 0.332 e. The average molecular weight is 327 g/mol. The Hall–Kier alpha value is -1.73. The summed E-state index contributed by atoms with van der Waals surface area (Å²) in [7, 11) is 0. The number of halogens is 1. The summed E-state index contributed by atoms with van der Waals surface area (Å²) in [6.45, 7) is 1.41. The van der Waals surface area contributed by atoms with Crippen molar-refractivity contribution in [3.8, 4) is 0 Å². The Balaban J connectivity index is 2.29. The van der Waals surface area contributed by atoms with Gasteiger partial charge < -0.3 is 9.84 Å². The molecule has 0 saturated heterocycles. The topological polar surface area (TPSA) is 80.9 Å². The highest BCUT2D eigenvalue weighted by molar-refractivity contribution is 9.10. The van der Waals surface area contributed by atoms with Crippen molar-refractivity contribution in [2.45, 2.75) is 19.6 Å². The highest BCUT2D eigenvalue weighted by Crippen LogP contribution is 2.10. The molecule has 0 aliphatic rings. The largest absolute Gasteiger partial charge is 0.479 e. The second kappa shape index (κ2) is 5.50. The first-order valence-electron chi connectivity index (χ1n) is 5.49. The van der Waals surface area contributed by atoms with Gasteiger partial charge >= 0.3 is 5.97 Å².